The highest BCUT2D eigenvalue weighted by molar-refractivity contribution is 5.67. The number of benzene rings is 1. The van der Waals surface area contributed by atoms with Gasteiger partial charge in [0.25, 0.3) is 0 Å². The molecule has 6 nitrogen and oxygen atoms in total. The van der Waals surface area contributed by atoms with E-state index in [1.165, 1.54) is 0 Å². The Morgan fingerprint density at radius 2 is 1.70 bits per heavy atom. The molecule has 0 saturated heterocycles. The molecule has 0 aliphatic heterocycles. The van der Waals surface area contributed by atoms with E-state index >= 15 is 0 Å². The normalized spacial score (nSPS) is 10.2. The highest BCUT2D eigenvalue weighted by Crippen LogP contribution is 2.07. The summed E-state index contributed by atoms with van der Waals surface area (Å²) in [6.45, 7) is 5.28. The zero-order chi connectivity index (χ0) is 15.8. The van der Waals surface area contributed by atoms with Crippen molar-refractivity contribution in [2.75, 3.05) is 5.73 Å². The van der Waals surface area contributed by atoms with Crippen LogP contribution in [0, 0.1) is 0 Å². The van der Waals surface area contributed by atoms with Crippen LogP contribution in [0.3, 0.4) is 0 Å². The lowest BCUT2D eigenvalue weighted by atomic mass is 10.1. The quantitative estimate of drug-likeness (QED) is 0.735. The maximum Gasteiger partial charge on any atom is 0.405 e. The van der Waals surface area contributed by atoms with E-state index < -0.39 is 17.7 Å². The van der Waals surface area contributed by atoms with E-state index in [0.29, 0.717) is 12.1 Å². The number of carbonyl (C=O) groups is 2. The van der Waals surface area contributed by atoms with Gasteiger partial charge in [-0.3, -0.25) is 4.79 Å². The lowest BCUT2D eigenvalue weighted by Gasteiger charge is -2.16. The van der Waals surface area contributed by atoms with Crippen LogP contribution in [0.5, 0.6) is 0 Å². The van der Waals surface area contributed by atoms with Gasteiger partial charge in [0.2, 0.25) is 0 Å². The van der Waals surface area contributed by atoms with E-state index in [2.05, 4.69) is 4.74 Å². The predicted molar refractivity (Wildman–Crippen MR) is 77.2 cm³/mol. The first kappa shape index (κ1) is 17.8. The summed E-state index contributed by atoms with van der Waals surface area (Å²) in [7, 11) is 0. The van der Waals surface area contributed by atoms with Crippen molar-refractivity contribution in [3.05, 3.63) is 29.8 Å². The number of carboxylic acid groups (broad SMARTS) is 1. The molecule has 0 atom stereocenters. The standard InChI is InChI=1S/C9H11NO2.C5H11NO2/c10-8-4-1-7(2-5-8)3-6-9(11)12;1-5(2,3)8-4(6)7/h1-2,4-5H,3,6,10H2,(H,11,12);1-3H3,(H2,6,7). The monoisotopic (exact) mass is 282 g/mol. The zero-order valence-electron chi connectivity index (χ0n) is 12.1. The molecule has 1 aromatic rings. The SMILES string of the molecule is CC(C)(C)OC(N)=O.Nc1ccc(CCC(=O)O)cc1. The molecule has 1 aromatic carbocycles. The number of rotatable bonds is 3. The Bertz CT molecular complexity index is 435. The first-order valence-corrected chi connectivity index (χ1v) is 6.15. The van der Waals surface area contributed by atoms with Crippen LogP contribution in [0.1, 0.15) is 32.8 Å². The third-order valence-corrected chi connectivity index (χ3v) is 2.01. The largest absolute Gasteiger partial charge is 0.481 e. The van der Waals surface area contributed by atoms with Gasteiger partial charge in [-0.2, -0.15) is 0 Å². The summed E-state index contributed by atoms with van der Waals surface area (Å²) >= 11 is 0. The maximum absolute atomic E-state index is 10.2. The van der Waals surface area contributed by atoms with Crippen LogP contribution < -0.4 is 11.5 Å². The highest BCUT2D eigenvalue weighted by Gasteiger charge is 2.12. The minimum Gasteiger partial charge on any atom is -0.481 e. The average Bonchev–Trinajstić information content (AvgIpc) is 2.25. The Morgan fingerprint density at radius 1 is 1.20 bits per heavy atom. The van der Waals surface area contributed by atoms with Crippen molar-refractivity contribution in [2.45, 2.75) is 39.2 Å². The molecule has 0 radical (unpaired) electrons. The van der Waals surface area contributed by atoms with Crippen LogP contribution in [-0.4, -0.2) is 22.8 Å². The fourth-order valence-corrected chi connectivity index (χ4v) is 1.24. The zero-order valence-corrected chi connectivity index (χ0v) is 12.1. The molecule has 0 aliphatic rings. The van der Waals surface area contributed by atoms with Crippen LogP contribution in [-0.2, 0) is 16.0 Å². The molecule has 0 aromatic heterocycles. The van der Waals surface area contributed by atoms with Gasteiger partial charge in [0, 0.05) is 12.1 Å². The second kappa shape index (κ2) is 8.04. The number of aryl methyl sites for hydroxylation is 1. The van der Waals surface area contributed by atoms with Gasteiger partial charge < -0.3 is 21.3 Å². The Balaban J connectivity index is 0.000000396. The molecule has 1 rings (SSSR count). The molecule has 0 aliphatic carbocycles. The molecule has 0 saturated carbocycles. The number of anilines is 1. The fourth-order valence-electron chi connectivity index (χ4n) is 1.24. The molecule has 5 N–H and O–H groups in total. The smallest absolute Gasteiger partial charge is 0.405 e. The van der Waals surface area contributed by atoms with Crippen molar-refractivity contribution in [1.29, 1.82) is 0 Å². The molecule has 6 heteroatoms. The second-order valence-electron chi connectivity index (χ2n) is 5.17. The Morgan fingerprint density at radius 3 is 2.00 bits per heavy atom. The van der Waals surface area contributed by atoms with Gasteiger partial charge >= 0.3 is 12.1 Å². The van der Waals surface area contributed by atoms with Gasteiger partial charge in [0.1, 0.15) is 5.60 Å². The van der Waals surface area contributed by atoms with Gasteiger partial charge in [0.05, 0.1) is 0 Å². The molecule has 0 bridgehead atoms. The summed E-state index contributed by atoms with van der Waals surface area (Å²) in [6, 6.07) is 7.24. The van der Waals surface area contributed by atoms with E-state index in [1.54, 1.807) is 32.9 Å². The third-order valence-electron chi connectivity index (χ3n) is 2.01. The summed E-state index contributed by atoms with van der Waals surface area (Å²) in [4.78, 5) is 20.2. The number of nitrogen functional groups attached to an aromatic ring is 1. The number of nitrogens with two attached hydrogens (primary N) is 2. The first-order chi connectivity index (χ1) is 9.10. The van der Waals surface area contributed by atoms with Crippen molar-refractivity contribution in [3.8, 4) is 0 Å². The molecular formula is C14H22N2O4. The Kier molecular flexibility index (Phi) is 7.14. The topological polar surface area (TPSA) is 116 Å². The van der Waals surface area contributed by atoms with Crippen LogP contribution in [0.15, 0.2) is 24.3 Å². The van der Waals surface area contributed by atoms with Crippen LogP contribution in [0.25, 0.3) is 0 Å². The predicted octanol–water partition coefficient (Wildman–Crippen LogP) is 2.17. The van der Waals surface area contributed by atoms with Crippen molar-refractivity contribution in [2.24, 2.45) is 5.73 Å². The molecule has 0 heterocycles. The Labute approximate surface area is 118 Å². The molecule has 0 spiro atoms. The fraction of sp³-hybridized carbons (Fsp3) is 0.429. The van der Waals surface area contributed by atoms with Gasteiger partial charge in [-0.1, -0.05) is 12.1 Å². The Hall–Kier alpha value is -2.24. The van der Waals surface area contributed by atoms with E-state index in [1.807, 2.05) is 12.1 Å². The number of carbonyl (C=O) groups excluding carboxylic acids is 1. The minimum atomic E-state index is -0.771. The van der Waals surface area contributed by atoms with Crippen molar-refractivity contribution in [3.63, 3.8) is 0 Å². The average molecular weight is 282 g/mol. The summed E-state index contributed by atoms with van der Waals surface area (Å²) in [5.74, 6) is -0.771. The maximum atomic E-state index is 10.2. The molecule has 1 amide bonds. The van der Waals surface area contributed by atoms with Gasteiger partial charge in [0.15, 0.2) is 0 Å². The van der Waals surface area contributed by atoms with E-state index in [-0.39, 0.29) is 6.42 Å². The van der Waals surface area contributed by atoms with E-state index in [4.69, 9.17) is 16.6 Å². The summed E-state index contributed by atoms with van der Waals surface area (Å²) < 4.78 is 4.58. The second-order valence-corrected chi connectivity index (χ2v) is 5.17. The van der Waals surface area contributed by atoms with Crippen LogP contribution in [0.2, 0.25) is 0 Å². The molecule has 0 fully saturated rings. The lowest BCUT2D eigenvalue weighted by Crippen LogP contribution is -2.27. The molecular weight excluding hydrogens is 260 g/mol. The lowest BCUT2D eigenvalue weighted by molar-refractivity contribution is -0.136. The molecule has 112 valence electrons. The van der Waals surface area contributed by atoms with Gasteiger partial charge in [-0.25, -0.2) is 4.79 Å². The number of carboxylic acids is 1. The van der Waals surface area contributed by atoms with E-state index in [0.717, 1.165) is 5.56 Å². The number of primary amides is 1. The summed E-state index contributed by atoms with van der Waals surface area (Å²) in [6.07, 6.45) is 0.0111. The first-order valence-electron chi connectivity index (χ1n) is 6.15. The number of ether oxygens (including phenoxy) is 1. The number of hydrogen-bond donors (Lipinski definition) is 3. The van der Waals surface area contributed by atoms with Crippen LogP contribution >= 0.6 is 0 Å². The minimum absolute atomic E-state index is 0.171. The summed E-state index contributed by atoms with van der Waals surface area (Å²) in [5, 5.41) is 8.40. The van der Waals surface area contributed by atoms with Crippen molar-refractivity contribution >= 4 is 17.7 Å². The van der Waals surface area contributed by atoms with Crippen LogP contribution in [0.4, 0.5) is 10.5 Å². The number of aliphatic carboxylic acids is 1. The number of amides is 1. The summed E-state index contributed by atoms with van der Waals surface area (Å²) in [5.41, 5.74) is 11.4. The van der Waals surface area contributed by atoms with E-state index in [9.17, 15) is 9.59 Å². The van der Waals surface area contributed by atoms with Crippen molar-refractivity contribution < 1.29 is 19.4 Å². The number of hydrogen-bond acceptors (Lipinski definition) is 4. The van der Waals surface area contributed by atoms with Gasteiger partial charge in [-0.15, -0.1) is 0 Å². The highest BCUT2D eigenvalue weighted by atomic mass is 16.6. The molecule has 0 unspecified atom stereocenters. The van der Waals surface area contributed by atoms with Gasteiger partial charge in [-0.05, 0) is 44.9 Å². The van der Waals surface area contributed by atoms with Crippen molar-refractivity contribution in [1.82, 2.24) is 0 Å². The molecule has 20 heavy (non-hydrogen) atoms. The third kappa shape index (κ3) is 10.9.